The van der Waals surface area contributed by atoms with Gasteiger partial charge in [0.2, 0.25) is 5.91 Å². The molecule has 3 aromatic rings. The number of rotatable bonds is 6. The molecule has 146 valence electrons. The molecule has 0 atom stereocenters. The van der Waals surface area contributed by atoms with Crippen molar-refractivity contribution < 1.29 is 4.79 Å². The lowest BCUT2D eigenvalue weighted by Crippen LogP contribution is -2.31. The van der Waals surface area contributed by atoms with Gasteiger partial charge < -0.3 is 4.90 Å². The second-order valence-corrected chi connectivity index (χ2v) is 9.01. The molecule has 0 aliphatic heterocycles. The van der Waals surface area contributed by atoms with Crippen LogP contribution in [0.4, 0.5) is 0 Å². The van der Waals surface area contributed by atoms with Crippen LogP contribution in [0.25, 0.3) is 21.6 Å². The van der Waals surface area contributed by atoms with Crippen LogP contribution in [0.2, 0.25) is 0 Å². The molecule has 1 aliphatic carbocycles. The lowest BCUT2D eigenvalue weighted by atomic mass is 9.97. The lowest BCUT2D eigenvalue weighted by Gasteiger charge is -2.18. The quantitative estimate of drug-likeness (QED) is 0.413. The highest BCUT2D eigenvalue weighted by molar-refractivity contribution is 8.00. The lowest BCUT2D eigenvalue weighted by molar-refractivity contribution is -0.127. The average Bonchev–Trinajstić information content (AvgIpc) is 3.12. The Morgan fingerprint density at radius 2 is 1.86 bits per heavy atom. The van der Waals surface area contributed by atoms with Gasteiger partial charge in [-0.2, -0.15) is 0 Å². The summed E-state index contributed by atoms with van der Waals surface area (Å²) < 4.78 is 0. The second-order valence-electron chi connectivity index (χ2n) is 6.96. The zero-order valence-electron chi connectivity index (χ0n) is 16.4. The first-order valence-electron chi connectivity index (χ1n) is 9.99. The first-order chi connectivity index (χ1) is 13.7. The van der Waals surface area contributed by atoms with Gasteiger partial charge in [-0.3, -0.25) is 4.79 Å². The molecule has 0 radical (unpaired) electrons. The third-order valence-electron chi connectivity index (χ3n) is 5.26. The maximum atomic E-state index is 12.6. The van der Waals surface area contributed by atoms with Gasteiger partial charge >= 0.3 is 0 Å². The Hall–Kier alpha value is -1.92. The summed E-state index contributed by atoms with van der Waals surface area (Å²) in [5.74, 6) is 1.35. The van der Waals surface area contributed by atoms with Crippen molar-refractivity contribution >= 4 is 39.2 Å². The molecule has 2 heterocycles. The molecule has 0 spiro atoms. The van der Waals surface area contributed by atoms with E-state index in [2.05, 4.69) is 0 Å². The summed E-state index contributed by atoms with van der Waals surface area (Å²) >= 11 is 3.38. The summed E-state index contributed by atoms with van der Waals surface area (Å²) in [5.41, 5.74) is 2.44. The predicted molar refractivity (Wildman–Crippen MR) is 118 cm³/mol. The molecule has 6 heteroatoms. The van der Waals surface area contributed by atoms with Gasteiger partial charge in [-0.1, -0.05) is 42.1 Å². The number of aromatic nitrogens is 2. The first-order valence-corrected chi connectivity index (χ1v) is 11.8. The van der Waals surface area contributed by atoms with Crippen molar-refractivity contribution in [2.24, 2.45) is 0 Å². The zero-order valence-corrected chi connectivity index (χ0v) is 18.0. The zero-order chi connectivity index (χ0) is 19.5. The molecule has 4 nitrogen and oxygen atoms in total. The molecule has 0 unspecified atom stereocenters. The number of benzene rings is 1. The summed E-state index contributed by atoms with van der Waals surface area (Å²) in [6.45, 7) is 5.55. The maximum Gasteiger partial charge on any atom is 0.232 e. The Labute approximate surface area is 174 Å². The Morgan fingerprint density at radius 1 is 1.11 bits per heavy atom. The first kappa shape index (κ1) is 19.4. The van der Waals surface area contributed by atoms with E-state index >= 15 is 0 Å². The number of thioether (sulfide) groups is 1. The predicted octanol–water partition coefficient (Wildman–Crippen LogP) is 5.20. The summed E-state index contributed by atoms with van der Waals surface area (Å²) in [7, 11) is 0. The molecule has 1 aliphatic rings. The summed E-state index contributed by atoms with van der Waals surface area (Å²) in [5, 5.41) is 2.15. The van der Waals surface area contributed by atoms with Gasteiger partial charge in [0.1, 0.15) is 9.86 Å². The van der Waals surface area contributed by atoms with Crippen molar-refractivity contribution in [2.75, 3.05) is 18.8 Å². The Kier molecular flexibility index (Phi) is 5.97. The molecule has 0 bridgehead atoms. The van der Waals surface area contributed by atoms with Crippen molar-refractivity contribution in [3.8, 4) is 11.4 Å². The van der Waals surface area contributed by atoms with Crippen LogP contribution in [-0.2, 0) is 17.6 Å². The molecule has 2 aromatic heterocycles. The van der Waals surface area contributed by atoms with Gasteiger partial charge in [0.05, 0.1) is 5.75 Å². The van der Waals surface area contributed by atoms with Crippen LogP contribution in [0, 0.1) is 0 Å². The number of nitrogens with zero attached hydrogens (tertiary/aromatic N) is 3. The molecule has 4 rings (SSSR count). The molecule has 28 heavy (non-hydrogen) atoms. The van der Waals surface area contributed by atoms with Crippen LogP contribution in [0.5, 0.6) is 0 Å². The van der Waals surface area contributed by atoms with Crippen LogP contribution in [0.1, 0.15) is 37.1 Å². The summed E-state index contributed by atoms with van der Waals surface area (Å²) in [6, 6.07) is 10.1. The third kappa shape index (κ3) is 3.80. The molecule has 1 aromatic carbocycles. The Morgan fingerprint density at radius 3 is 2.61 bits per heavy atom. The topological polar surface area (TPSA) is 46.1 Å². The highest BCUT2D eigenvalue weighted by atomic mass is 32.2. The molecule has 0 N–H and O–H groups in total. The SMILES string of the molecule is CCN(CC)C(=O)CSc1nc(-c2ccccc2)nc2sc3c(c12)CCCC3. The number of amides is 1. The van der Waals surface area contributed by atoms with Gasteiger partial charge in [0.15, 0.2) is 5.82 Å². The van der Waals surface area contributed by atoms with Gasteiger partial charge in [0, 0.05) is 28.9 Å². The second kappa shape index (κ2) is 8.62. The van der Waals surface area contributed by atoms with Crippen molar-refractivity contribution in [3.05, 3.63) is 40.8 Å². The van der Waals surface area contributed by atoms with E-state index in [0.29, 0.717) is 5.75 Å². The van der Waals surface area contributed by atoms with E-state index in [1.807, 2.05) is 60.4 Å². The maximum absolute atomic E-state index is 12.6. The van der Waals surface area contributed by atoms with Gasteiger partial charge in [-0.15, -0.1) is 11.3 Å². The van der Waals surface area contributed by atoms with Crippen LogP contribution in [0.3, 0.4) is 0 Å². The number of fused-ring (bicyclic) bond motifs is 3. The normalized spacial score (nSPS) is 13.5. The van der Waals surface area contributed by atoms with Crippen LogP contribution < -0.4 is 0 Å². The number of carbonyl (C=O) groups excluding carboxylic acids is 1. The van der Waals surface area contributed by atoms with Gasteiger partial charge in [0.25, 0.3) is 0 Å². The monoisotopic (exact) mass is 411 g/mol. The molecular weight excluding hydrogens is 386 g/mol. The van der Waals surface area contributed by atoms with E-state index < -0.39 is 0 Å². The van der Waals surface area contributed by atoms with Crippen LogP contribution >= 0.6 is 23.1 Å². The Bertz CT molecular complexity index is 980. The average molecular weight is 412 g/mol. The smallest absolute Gasteiger partial charge is 0.232 e. The van der Waals surface area contributed by atoms with Gasteiger partial charge in [-0.25, -0.2) is 9.97 Å². The van der Waals surface area contributed by atoms with E-state index in [-0.39, 0.29) is 5.91 Å². The minimum Gasteiger partial charge on any atom is -0.343 e. The number of hydrogen-bond donors (Lipinski definition) is 0. The highest BCUT2D eigenvalue weighted by Crippen LogP contribution is 2.40. The fraction of sp³-hybridized carbons (Fsp3) is 0.409. The van der Waals surface area contributed by atoms with Crippen molar-refractivity contribution in [2.45, 2.75) is 44.6 Å². The number of thiophene rings is 1. The fourth-order valence-electron chi connectivity index (χ4n) is 3.74. The summed E-state index contributed by atoms with van der Waals surface area (Å²) in [6.07, 6.45) is 4.71. The molecule has 0 saturated heterocycles. The van der Waals surface area contributed by atoms with E-state index in [1.165, 1.54) is 28.7 Å². The minimum absolute atomic E-state index is 0.173. The van der Waals surface area contributed by atoms with E-state index in [1.54, 1.807) is 11.8 Å². The number of hydrogen-bond acceptors (Lipinski definition) is 5. The molecule has 0 fully saturated rings. The standard InChI is InChI=1S/C22H25N3OS2/c1-3-25(4-2)18(26)14-27-21-19-16-12-8-9-13-17(16)28-22(19)24-20(23-21)15-10-6-5-7-11-15/h5-7,10-11H,3-4,8-9,12-14H2,1-2H3. The number of aryl methyl sites for hydroxylation is 2. The van der Waals surface area contributed by atoms with Crippen molar-refractivity contribution in [1.29, 1.82) is 0 Å². The van der Waals surface area contributed by atoms with Crippen LogP contribution in [-0.4, -0.2) is 39.6 Å². The molecule has 0 saturated carbocycles. The van der Waals surface area contributed by atoms with Gasteiger partial charge in [-0.05, 0) is 45.1 Å². The molecular formula is C22H25N3OS2. The minimum atomic E-state index is 0.173. The highest BCUT2D eigenvalue weighted by Gasteiger charge is 2.22. The van der Waals surface area contributed by atoms with Crippen molar-refractivity contribution in [1.82, 2.24) is 14.9 Å². The Balaban J connectivity index is 1.75. The van der Waals surface area contributed by atoms with E-state index in [9.17, 15) is 4.79 Å². The largest absolute Gasteiger partial charge is 0.343 e. The van der Waals surface area contributed by atoms with E-state index in [4.69, 9.17) is 9.97 Å². The molecule has 1 amide bonds. The fourth-order valence-corrected chi connectivity index (χ4v) is 6.03. The van der Waals surface area contributed by atoms with Crippen molar-refractivity contribution in [3.63, 3.8) is 0 Å². The van der Waals surface area contributed by atoms with E-state index in [0.717, 1.165) is 47.2 Å². The summed E-state index contributed by atoms with van der Waals surface area (Å²) in [4.78, 5) is 26.8. The third-order valence-corrected chi connectivity index (χ3v) is 7.41. The number of carbonyl (C=O) groups is 1. The van der Waals surface area contributed by atoms with Crippen LogP contribution in [0.15, 0.2) is 35.4 Å².